The maximum absolute atomic E-state index is 13.3. The van der Waals surface area contributed by atoms with Gasteiger partial charge >= 0.3 is 0 Å². The second kappa shape index (κ2) is 14.1. The van der Waals surface area contributed by atoms with Gasteiger partial charge in [-0.1, -0.05) is 43.0 Å². The van der Waals surface area contributed by atoms with Crippen molar-refractivity contribution < 1.29 is 19.7 Å². The molecule has 2 aliphatic rings. The van der Waals surface area contributed by atoms with Gasteiger partial charge in [-0.2, -0.15) is 0 Å². The van der Waals surface area contributed by atoms with Crippen LogP contribution in [0, 0.1) is 5.92 Å². The first-order valence-corrected chi connectivity index (χ1v) is 14.3. The number of carbonyl (C=O) groups excluding carboxylic acids is 1. The number of halogens is 1. The third kappa shape index (κ3) is 8.16. The number of methoxy groups -OCH3 is 1. The highest BCUT2D eigenvalue weighted by atomic mass is 35.5. The van der Waals surface area contributed by atoms with E-state index in [1.807, 2.05) is 36.2 Å². The van der Waals surface area contributed by atoms with E-state index in [1.165, 1.54) is 6.42 Å². The lowest BCUT2D eigenvalue weighted by Crippen LogP contribution is -2.48. The molecule has 36 heavy (non-hydrogen) atoms. The number of unbranched alkanes of at least 4 members (excludes halogenated alkanes) is 1. The Morgan fingerprint density at radius 1 is 1.28 bits per heavy atom. The van der Waals surface area contributed by atoms with Gasteiger partial charge in [0.1, 0.15) is 0 Å². The molecule has 1 aromatic carbocycles. The molecule has 1 amide bonds. The lowest BCUT2D eigenvalue weighted by molar-refractivity contribution is -0.137. The van der Waals surface area contributed by atoms with E-state index in [9.17, 15) is 15.0 Å². The number of hydrogen-bond acceptors (Lipinski definition) is 5. The summed E-state index contributed by atoms with van der Waals surface area (Å²) < 4.78 is 5.21. The first-order chi connectivity index (χ1) is 17.3. The minimum atomic E-state index is -1.03. The minimum Gasteiger partial charge on any atom is -0.390 e. The van der Waals surface area contributed by atoms with Crippen LogP contribution < -0.4 is 5.32 Å². The molecule has 0 aromatic heterocycles. The van der Waals surface area contributed by atoms with Gasteiger partial charge in [-0.3, -0.25) is 4.79 Å². The van der Waals surface area contributed by atoms with E-state index >= 15 is 0 Å². The van der Waals surface area contributed by atoms with Crippen LogP contribution >= 0.6 is 11.6 Å². The van der Waals surface area contributed by atoms with E-state index in [0.29, 0.717) is 43.9 Å². The summed E-state index contributed by atoms with van der Waals surface area (Å²) in [6.45, 7) is 1.96. The molecule has 0 bridgehead atoms. The molecule has 0 radical (unpaired) electrons. The summed E-state index contributed by atoms with van der Waals surface area (Å²) in [6, 6.07) is 7.67. The molecule has 1 aliphatic heterocycles. The van der Waals surface area contributed by atoms with E-state index in [1.54, 1.807) is 7.11 Å². The Balaban J connectivity index is 1.62. The van der Waals surface area contributed by atoms with Crippen molar-refractivity contribution in [2.45, 2.75) is 101 Å². The fourth-order valence-electron chi connectivity index (χ4n) is 6.25. The Morgan fingerprint density at radius 2 is 2.06 bits per heavy atom. The first kappa shape index (κ1) is 29.4. The topological polar surface area (TPSA) is 82.0 Å². The van der Waals surface area contributed by atoms with Crippen molar-refractivity contribution in [1.29, 1.82) is 0 Å². The zero-order valence-corrected chi connectivity index (χ0v) is 23.1. The highest BCUT2D eigenvalue weighted by molar-refractivity contribution is 6.30. The van der Waals surface area contributed by atoms with Crippen molar-refractivity contribution in [2.75, 3.05) is 33.9 Å². The number of aliphatic hydroxyl groups is 2. The lowest BCUT2D eigenvalue weighted by atomic mass is 9.74. The molecule has 3 atom stereocenters. The highest BCUT2D eigenvalue weighted by Gasteiger charge is 2.41. The number of hydrogen-bond donors (Lipinski definition) is 3. The Bertz CT molecular complexity index is 816. The number of amides is 1. The van der Waals surface area contributed by atoms with Crippen LogP contribution in [0.3, 0.4) is 0 Å². The number of carbonyl (C=O) groups is 1. The summed E-state index contributed by atoms with van der Waals surface area (Å²) in [5, 5.41) is 26.9. The third-order valence-electron chi connectivity index (χ3n) is 8.46. The van der Waals surface area contributed by atoms with Gasteiger partial charge in [0.25, 0.3) is 0 Å². The molecular formula is C29H47ClN2O4. The van der Waals surface area contributed by atoms with Gasteiger partial charge in [-0.25, -0.2) is 0 Å². The summed E-state index contributed by atoms with van der Waals surface area (Å²) in [5.41, 5.74) is -0.792. The number of ether oxygens (including phenoxy) is 1. The molecule has 1 aliphatic carbocycles. The molecule has 1 saturated carbocycles. The van der Waals surface area contributed by atoms with Crippen molar-refractivity contribution in [3.63, 3.8) is 0 Å². The van der Waals surface area contributed by atoms with Gasteiger partial charge in [0, 0.05) is 50.2 Å². The standard InChI is InChI=1S/C29H47ClN2O4/c1-31-26(21-28(34)15-4-3-5-16-28)13-14-27(33)32-18-9-11-24(22-32)29(35,17-6-7-19-36-2)23-10-8-12-25(30)20-23/h8,10,12,20,24,26,31,34-35H,3-7,9,11,13-19,21-22H2,1-2H3/t24-,26-,29-/m1/s1. The summed E-state index contributed by atoms with van der Waals surface area (Å²) >= 11 is 6.30. The van der Waals surface area contributed by atoms with Crippen molar-refractivity contribution in [3.8, 4) is 0 Å². The summed E-state index contributed by atoms with van der Waals surface area (Å²) in [6.07, 6.45) is 11.1. The van der Waals surface area contributed by atoms with E-state index in [2.05, 4.69) is 5.32 Å². The van der Waals surface area contributed by atoms with Crippen molar-refractivity contribution in [2.24, 2.45) is 5.92 Å². The molecule has 3 N–H and O–H groups in total. The minimum absolute atomic E-state index is 0.0424. The zero-order chi connectivity index (χ0) is 26.0. The molecular weight excluding hydrogens is 476 g/mol. The van der Waals surface area contributed by atoms with Crippen LogP contribution in [0.5, 0.6) is 0 Å². The number of nitrogens with one attached hydrogen (secondary N) is 1. The highest BCUT2D eigenvalue weighted by Crippen LogP contribution is 2.40. The van der Waals surface area contributed by atoms with Crippen LogP contribution in [-0.2, 0) is 15.1 Å². The van der Waals surface area contributed by atoms with Crippen LogP contribution in [-0.4, -0.2) is 66.5 Å². The largest absolute Gasteiger partial charge is 0.390 e. The summed E-state index contributed by atoms with van der Waals surface area (Å²) in [4.78, 5) is 15.2. The maximum Gasteiger partial charge on any atom is 0.222 e. The number of likely N-dealkylation sites (tertiary alicyclic amines) is 1. The van der Waals surface area contributed by atoms with E-state index in [-0.39, 0.29) is 17.9 Å². The van der Waals surface area contributed by atoms with Crippen molar-refractivity contribution in [3.05, 3.63) is 34.9 Å². The second-order valence-corrected chi connectivity index (χ2v) is 11.5. The van der Waals surface area contributed by atoms with E-state index in [0.717, 1.165) is 63.5 Å². The second-order valence-electron chi connectivity index (χ2n) is 11.1. The molecule has 2 fully saturated rings. The predicted octanol–water partition coefficient (Wildman–Crippen LogP) is 5.04. The number of nitrogens with zero attached hydrogens (tertiary/aromatic N) is 1. The van der Waals surface area contributed by atoms with Gasteiger partial charge in [0.05, 0.1) is 11.2 Å². The normalized spacial score (nSPS) is 22.7. The number of benzene rings is 1. The van der Waals surface area contributed by atoms with Crippen LogP contribution in [0.4, 0.5) is 0 Å². The van der Waals surface area contributed by atoms with Gasteiger partial charge in [0.2, 0.25) is 5.91 Å². The SMILES string of the molecule is CN[C@H](CCC(=O)N1CCC[C@@H]([C@@](O)(CCCCOC)c2cccc(Cl)c2)C1)CC1(O)CCCCC1. The fraction of sp³-hybridized carbons (Fsp3) is 0.759. The molecule has 3 rings (SSSR count). The fourth-order valence-corrected chi connectivity index (χ4v) is 6.44. The van der Waals surface area contributed by atoms with Crippen LogP contribution in [0.1, 0.15) is 89.0 Å². The Hall–Kier alpha value is -1.18. The molecule has 6 nitrogen and oxygen atoms in total. The van der Waals surface area contributed by atoms with Gasteiger partial charge in [-0.15, -0.1) is 0 Å². The summed E-state index contributed by atoms with van der Waals surface area (Å²) in [7, 11) is 3.62. The molecule has 0 unspecified atom stereocenters. The summed E-state index contributed by atoms with van der Waals surface area (Å²) in [5.74, 6) is 0.0997. The van der Waals surface area contributed by atoms with Gasteiger partial charge in [-0.05, 0) is 82.5 Å². The average Bonchev–Trinajstić information content (AvgIpc) is 2.89. The van der Waals surface area contributed by atoms with Crippen molar-refractivity contribution >= 4 is 17.5 Å². The molecule has 7 heteroatoms. The average molecular weight is 523 g/mol. The van der Waals surface area contributed by atoms with E-state index < -0.39 is 11.2 Å². The Labute approximate surface area is 222 Å². The smallest absolute Gasteiger partial charge is 0.222 e. The number of rotatable bonds is 13. The zero-order valence-electron chi connectivity index (χ0n) is 22.3. The lowest BCUT2D eigenvalue weighted by Gasteiger charge is -2.43. The molecule has 1 aromatic rings. The van der Waals surface area contributed by atoms with Crippen molar-refractivity contribution in [1.82, 2.24) is 10.2 Å². The first-order valence-electron chi connectivity index (χ1n) is 13.9. The molecule has 204 valence electrons. The molecule has 1 heterocycles. The Kier molecular flexibility index (Phi) is 11.5. The molecule has 0 spiro atoms. The monoisotopic (exact) mass is 522 g/mol. The quantitative estimate of drug-likeness (QED) is 0.316. The van der Waals surface area contributed by atoms with Crippen LogP contribution in [0.2, 0.25) is 5.02 Å². The van der Waals surface area contributed by atoms with Gasteiger partial charge < -0.3 is 25.2 Å². The van der Waals surface area contributed by atoms with E-state index in [4.69, 9.17) is 16.3 Å². The Morgan fingerprint density at radius 3 is 2.75 bits per heavy atom. The predicted molar refractivity (Wildman–Crippen MR) is 145 cm³/mol. The number of piperidine rings is 1. The molecule has 1 saturated heterocycles. The van der Waals surface area contributed by atoms with Crippen LogP contribution in [0.25, 0.3) is 0 Å². The maximum atomic E-state index is 13.3. The third-order valence-corrected chi connectivity index (χ3v) is 8.69. The van der Waals surface area contributed by atoms with Crippen LogP contribution in [0.15, 0.2) is 24.3 Å². The van der Waals surface area contributed by atoms with Gasteiger partial charge in [0.15, 0.2) is 0 Å².